The van der Waals surface area contributed by atoms with Crippen molar-refractivity contribution >= 4 is 11.5 Å². The van der Waals surface area contributed by atoms with Gasteiger partial charge in [0.1, 0.15) is 5.84 Å². The number of aryl methyl sites for hydroxylation is 1. The Labute approximate surface area is 77.7 Å². The molecule has 3 nitrogen and oxygen atoms in total. The van der Waals surface area contributed by atoms with Gasteiger partial charge in [-0.05, 0) is 31.9 Å². The zero-order valence-electron chi connectivity index (χ0n) is 7.70. The maximum absolute atomic E-state index is 5.80. The Kier molecular flexibility index (Phi) is 2.00. The van der Waals surface area contributed by atoms with Gasteiger partial charge in [0, 0.05) is 12.1 Å². The minimum Gasteiger partial charge on any atom is -0.387 e. The molecule has 0 aromatic carbocycles. The van der Waals surface area contributed by atoms with Crippen LogP contribution in [0.4, 0.5) is 5.69 Å². The highest BCUT2D eigenvalue weighted by molar-refractivity contribution is 5.87. The first kappa shape index (κ1) is 8.23. The predicted octanol–water partition coefficient (Wildman–Crippen LogP) is 1.79. The average molecular weight is 175 g/mol. The van der Waals surface area contributed by atoms with Gasteiger partial charge in [-0.15, -0.1) is 0 Å². The summed E-state index contributed by atoms with van der Waals surface area (Å²) >= 11 is 0. The summed E-state index contributed by atoms with van der Waals surface area (Å²) in [5.41, 5.74) is 7.63. The van der Waals surface area contributed by atoms with E-state index in [2.05, 4.69) is 9.98 Å². The van der Waals surface area contributed by atoms with Crippen molar-refractivity contribution in [3.05, 3.63) is 24.0 Å². The summed E-state index contributed by atoms with van der Waals surface area (Å²) in [6.45, 7) is 1.94. The minimum atomic E-state index is 0.527. The van der Waals surface area contributed by atoms with Gasteiger partial charge in [-0.25, -0.2) is 4.99 Å². The van der Waals surface area contributed by atoms with Crippen LogP contribution in [-0.4, -0.2) is 10.8 Å². The monoisotopic (exact) mass is 175 g/mol. The highest BCUT2D eigenvalue weighted by atomic mass is 14.9. The second-order valence-electron chi connectivity index (χ2n) is 3.42. The number of aromatic nitrogens is 1. The van der Waals surface area contributed by atoms with Gasteiger partial charge in [-0.2, -0.15) is 0 Å². The third-order valence-corrected chi connectivity index (χ3v) is 2.22. The largest absolute Gasteiger partial charge is 0.387 e. The van der Waals surface area contributed by atoms with Crippen molar-refractivity contribution in [3.8, 4) is 0 Å². The van der Waals surface area contributed by atoms with Gasteiger partial charge >= 0.3 is 0 Å². The molecule has 1 heterocycles. The van der Waals surface area contributed by atoms with Gasteiger partial charge in [0.05, 0.1) is 11.4 Å². The lowest BCUT2D eigenvalue weighted by Crippen LogP contribution is -2.13. The number of hydrogen-bond acceptors (Lipinski definition) is 2. The first-order valence-electron chi connectivity index (χ1n) is 4.53. The molecule has 1 aromatic rings. The lowest BCUT2D eigenvalue weighted by atomic mass is 10.3. The van der Waals surface area contributed by atoms with E-state index in [1.54, 1.807) is 6.20 Å². The predicted molar refractivity (Wildman–Crippen MR) is 53.0 cm³/mol. The molecule has 0 aliphatic heterocycles. The summed E-state index contributed by atoms with van der Waals surface area (Å²) in [5, 5.41) is 0. The first-order chi connectivity index (χ1) is 6.27. The number of pyridine rings is 1. The number of rotatable bonds is 2. The van der Waals surface area contributed by atoms with Crippen LogP contribution in [0.1, 0.15) is 18.5 Å². The van der Waals surface area contributed by atoms with E-state index in [9.17, 15) is 0 Å². The van der Waals surface area contributed by atoms with Gasteiger partial charge < -0.3 is 5.73 Å². The van der Waals surface area contributed by atoms with Crippen molar-refractivity contribution in [2.24, 2.45) is 16.6 Å². The fraction of sp³-hybridized carbons (Fsp3) is 0.400. The summed E-state index contributed by atoms with van der Waals surface area (Å²) in [6.07, 6.45) is 4.14. The molecule has 3 heteroatoms. The van der Waals surface area contributed by atoms with Crippen LogP contribution in [0.3, 0.4) is 0 Å². The molecule has 0 atom stereocenters. The molecule has 2 N–H and O–H groups in total. The second kappa shape index (κ2) is 3.17. The number of nitrogens with two attached hydrogens (primary N) is 1. The zero-order valence-corrected chi connectivity index (χ0v) is 7.70. The molecule has 13 heavy (non-hydrogen) atoms. The Balaban J connectivity index is 2.25. The Morgan fingerprint density at radius 2 is 2.38 bits per heavy atom. The van der Waals surface area contributed by atoms with Crippen LogP contribution in [0.5, 0.6) is 0 Å². The van der Waals surface area contributed by atoms with E-state index in [0.29, 0.717) is 5.92 Å². The minimum absolute atomic E-state index is 0.527. The quantitative estimate of drug-likeness (QED) is 0.550. The summed E-state index contributed by atoms with van der Waals surface area (Å²) in [5.74, 6) is 1.29. The topological polar surface area (TPSA) is 51.3 Å². The first-order valence-corrected chi connectivity index (χ1v) is 4.53. The third kappa shape index (κ3) is 1.86. The summed E-state index contributed by atoms with van der Waals surface area (Å²) in [7, 11) is 0. The van der Waals surface area contributed by atoms with Crippen LogP contribution in [0.15, 0.2) is 23.3 Å². The lowest BCUT2D eigenvalue weighted by molar-refractivity contribution is 1.13. The molecule has 68 valence electrons. The van der Waals surface area contributed by atoms with Gasteiger partial charge in [-0.3, -0.25) is 4.98 Å². The molecule has 0 bridgehead atoms. The van der Waals surface area contributed by atoms with Crippen molar-refractivity contribution in [3.63, 3.8) is 0 Å². The Hall–Kier alpha value is -1.38. The molecule has 0 unspecified atom stereocenters. The Morgan fingerprint density at radius 1 is 1.62 bits per heavy atom. The lowest BCUT2D eigenvalue weighted by Gasteiger charge is -2.00. The molecule has 0 radical (unpaired) electrons. The van der Waals surface area contributed by atoms with Gasteiger partial charge in [-0.1, -0.05) is 0 Å². The molecule has 0 spiro atoms. The van der Waals surface area contributed by atoms with Crippen molar-refractivity contribution in [2.45, 2.75) is 19.8 Å². The van der Waals surface area contributed by atoms with E-state index in [0.717, 1.165) is 17.2 Å². The van der Waals surface area contributed by atoms with Gasteiger partial charge in [0.25, 0.3) is 0 Å². The van der Waals surface area contributed by atoms with Crippen LogP contribution in [0.25, 0.3) is 0 Å². The van der Waals surface area contributed by atoms with Crippen LogP contribution in [0.2, 0.25) is 0 Å². The molecule has 1 fully saturated rings. The van der Waals surface area contributed by atoms with Crippen molar-refractivity contribution < 1.29 is 0 Å². The SMILES string of the molecule is Cc1ncccc1N=C(N)C1CC1. The molecule has 1 aliphatic carbocycles. The Bertz CT molecular complexity index is 340. The molecule has 0 saturated heterocycles. The molecule has 2 rings (SSSR count). The van der Waals surface area contributed by atoms with Crippen molar-refractivity contribution in [2.75, 3.05) is 0 Å². The maximum Gasteiger partial charge on any atom is 0.103 e. The Morgan fingerprint density at radius 3 is 3.00 bits per heavy atom. The van der Waals surface area contributed by atoms with Crippen molar-refractivity contribution in [1.82, 2.24) is 4.98 Å². The van der Waals surface area contributed by atoms with E-state index in [-0.39, 0.29) is 0 Å². The van der Waals surface area contributed by atoms with Crippen LogP contribution in [0, 0.1) is 12.8 Å². The third-order valence-electron chi connectivity index (χ3n) is 2.22. The average Bonchev–Trinajstić information content (AvgIpc) is 2.91. The van der Waals surface area contributed by atoms with E-state index < -0.39 is 0 Å². The molecular weight excluding hydrogens is 162 g/mol. The smallest absolute Gasteiger partial charge is 0.103 e. The molecule has 1 aromatic heterocycles. The highest BCUT2D eigenvalue weighted by Crippen LogP contribution is 2.30. The second-order valence-corrected chi connectivity index (χ2v) is 3.42. The summed E-state index contributed by atoms with van der Waals surface area (Å²) < 4.78 is 0. The molecule has 1 aliphatic rings. The maximum atomic E-state index is 5.80. The zero-order chi connectivity index (χ0) is 9.26. The van der Waals surface area contributed by atoms with Crippen LogP contribution >= 0.6 is 0 Å². The number of nitrogens with zero attached hydrogens (tertiary/aromatic N) is 2. The highest BCUT2D eigenvalue weighted by Gasteiger charge is 2.25. The van der Waals surface area contributed by atoms with E-state index in [4.69, 9.17) is 5.73 Å². The fourth-order valence-corrected chi connectivity index (χ4v) is 1.20. The van der Waals surface area contributed by atoms with E-state index in [1.165, 1.54) is 12.8 Å². The van der Waals surface area contributed by atoms with Gasteiger partial charge in [0.2, 0.25) is 0 Å². The molecular formula is C10H13N3. The van der Waals surface area contributed by atoms with Crippen LogP contribution < -0.4 is 5.73 Å². The fourth-order valence-electron chi connectivity index (χ4n) is 1.20. The number of amidine groups is 1. The summed E-state index contributed by atoms with van der Waals surface area (Å²) in [4.78, 5) is 8.50. The summed E-state index contributed by atoms with van der Waals surface area (Å²) in [6, 6.07) is 3.82. The molecule has 1 saturated carbocycles. The standard InChI is InChI=1S/C10H13N3/c1-7-9(3-2-6-12-7)13-10(11)8-4-5-8/h2-3,6,8H,4-5H2,1H3,(H2,11,13). The molecule has 0 amide bonds. The number of aliphatic imine (C=N–C) groups is 1. The van der Waals surface area contributed by atoms with Crippen molar-refractivity contribution in [1.29, 1.82) is 0 Å². The number of hydrogen-bond donors (Lipinski definition) is 1. The normalized spacial score (nSPS) is 17.5. The van der Waals surface area contributed by atoms with Crippen LogP contribution in [-0.2, 0) is 0 Å². The van der Waals surface area contributed by atoms with Gasteiger partial charge in [0.15, 0.2) is 0 Å². The van der Waals surface area contributed by atoms with E-state index in [1.807, 2.05) is 19.1 Å². The van der Waals surface area contributed by atoms with E-state index >= 15 is 0 Å².